The third kappa shape index (κ3) is 3.32. The van der Waals surface area contributed by atoms with Gasteiger partial charge in [0.25, 0.3) is 0 Å². The van der Waals surface area contributed by atoms with E-state index in [9.17, 15) is 4.21 Å². The van der Waals surface area contributed by atoms with Crippen LogP contribution in [0.3, 0.4) is 0 Å². The Balaban J connectivity index is 2.12. The summed E-state index contributed by atoms with van der Waals surface area (Å²) in [5, 5.41) is 0. The molecule has 2 rings (SSSR count). The van der Waals surface area contributed by atoms with Gasteiger partial charge in [0.15, 0.2) is 11.0 Å². The predicted octanol–water partition coefficient (Wildman–Crippen LogP) is 2.53. The van der Waals surface area contributed by atoms with Gasteiger partial charge in [0, 0.05) is 6.20 Å². The fraction of sp³-hybridized carbons (Fsp3) is 0.0769. The van der Waals surface area contributed by atoms with Crippen LogP contribution in [0.5, 0.6) is 0 Å². The van der Waals surface area contributed by atoms with Crippen molar-refractivity contribution in [2.75, 3.05) is 0 Å². The smallest absolute Gasteiger partial charge is 0.172 e. The first kappa shape index (κ1) is 11.7. The molecule has 0 amide bonds. The molecule has 1 unspecified atom stereocenters. The summed E-state index contributed by atoms with van der Waals surface area (Å²) < 4.78 is 15.8. The summed E-state index contributed by atoms with van der Waals surface area (Å²) in [4.78, 5) is 4.77. The molecule has 1 aromatic carbocycles. The van der Waals surface area contributed by atoms with Crippen molar-refractivity contribution in [3.05, 3.63) is 59.9 Å². The number of aryl methyl sites for hydroxylation is 1. The summed E-state index contributed by atoms with van der Waals surface area (Å²) >= 11 is 0. The molecule has 1 aromatic heterocycles. The first-order valence-corrected chi connectivity index (χ1v) is 6.30. The maximum absolute atomic E-state index is 11.8. The minimum atomic E-state index is -1.36. The largest absolute Gasteiger partial charge is 0.255 e. The molecule has 0 fully saturated rings. The maximum atomic E-state index is 11.8. The predicted molar refractivity (Wildman–Crippen MR) is 69.4 cm³/mol. The van der Waals surface area contributed by atoms with Gasteiger partial charge in [0.05, 0.1) is 16.8 Å². The highest BCUT2D eigenvalue weighted by Crippen LogP contribution is 2.08. The summed E-state index contributed by atoms with van der Waals surface area (Å²) in [6.07, 6.45) is 3.20. The number of benzene rings is 1. The highest BCUT2D eigenvalue weighted by Gasteiger charge is 1.99. The van der Waals surface area contributed by atoms with Gasteiger partial charge >= 0.3 is 0 Å². The standard InChI is InChI=1S/C13H12N2OS/c1-11-5-7-13(8-6-11)17(16)15-10-12-4-2-3-9-14-12/h2-10H,1H3/b15-10+. The van der Waals surface area contributed by atoms with Crippen molar-refractivity contribution in [1.82, 2.24) is 4.98 Å². The Labute approximate surface area is 103 Å². The van der Waals surface area contributed by atoms with Gasteiger partial charge in [0.1, 0.15) is 0 Å². The van der Waals surface area contributed by atoms with Crippen molar-refractivity contribution in [3.8, 4) is 0 Å². The number of rotatable bonds is 3. The molecule has 0 saturated carbocycles. The Hall–Kier alpha value is -1.81. The lowest BCUT2D eigenvalue weighted by Crippen LogP contribution is -1.90. The summed E-state index contributed by atoms with van der Waals surface area (Å²) in [6.45, 7) is 1.99. The van der Waals surface area contributed by atoms with Crippen molar-refractivity contribution in [1.29, 1.82) is 0 Å². The molecule has 0 aliphatic rings. The molecular formula is C13H12N2OS. The van der Waals surface area contributed by atoms with Crippen LogP contribution in [0.25, 0.3) is 0 Å². The summed E-state index contributed by atoms with van der Waals surface area (Å²) in [7, 11) is -1.36. The Morgan fingerprint density at radius 2 is 1.94 bits per heavy atom. The number of hydrogen-bond donors (Lipinski definition) is 0. The van der Waals surface area contributed by atoms with Gasteiger partial charge in [-0.15, -0.1) is 0 Å². The first-order valence-electron chi connectivity index (χ1n) is 5.19. The molecule has 4 heteroatoms. The van der Waals surface area contributed by atoms with Gasteiger partial charge in [-0.2, -0.15) is 4.40 Å². The van der Waals surface area contributed by atoms with Gasteiger partial charge in [-0.3, -0.25) is 4.98 Å². The van der Waals surface area contributed by atoms with E-state index >= 15 is 0 Å². The number of aromatic nitrogens is 1. The number of pyridine rings is 1. The monoisotopic (exact) mass is 244 g/mol. The van der Waals surface area contributed by atoms with E-state index in [0.717, 1.165) is 5.56 Å². The van der Waals surface area contributed by atoms with E-state index in [1.165, 1.54) is 6.21 Å². The molecule has 3 nitrogen and oxygen atoms in total. The van der Waals surface area contributed by atoms with Crippen LogP contribution < -0.4 is 0 Å². The molecule has 0 N–H and O–H groups in total. The van der Waals surface area contributed by atoms with E-state index in [0.29, 0.717) is 10.6 Å². The molecule has 0 aliphatic carbocycles. The van der Waals surface area contributed by atoms with Crippen LogP contribution in [0.1, 0.15) is 11.3 Å². The van der Waals surface area contributed by atoms with Crippen LogP contribution in [0.4, 0.5) is 0 Å². The zero-order chi connectivity index (χ0) is 12.1. The number of hydrogen-bond acceptors (Lipinski definition) is 2. The molecule has 86 valence electrons. The topological polar surface area (TPSA) is 42.3 Å². The van der Waals surface area contributed by atoms with Crippen LogP contribution >= 0.6 is 0 Å². The summed E-state index contributed by atoms with van der Waals surface area (Å²) in [5.74, 6) is 0. The zero-order valence-corrected chi connectivity index (χ0v) is 10.2. The molecule has 1 heterocycles. The van der Waals surface area contributed by atoms with Crippen molar-refractivity contribution in [2.24, 2.45) is 4.40 Å². The van der Waals surface area contributed by atoms with Crippen LogP contribution in [0.15, 0.2) is 58.0 Å². The Kier molecular flexibility index (Phi) is 3.77. The highest BCUT2D eigenvalue weighted by atomic mass is 32.2. The van der Waals surface area contributed by atoms with E-state index in [2.05, 4.69) is 9.38 Å². The fourth-order valence-corrected chi connectivity index (χ4v) is 1.96. The Bertz CT molecular complexity index is 535. The molecule has 0 spiro atoms. The SMILES string of the molecule is Cc1ccc(S(=O)/N=C/c2ccccn2)cc1. The van der Waals surface area contributed by atoms with Crippen molar-refractivity contribution < 1.29 is 4.21 Å². The molecule has 0 aliphatic heterocycles. The van der Waals surface area contributed by atoms with E-state index in [4.69, 9.17) is 0 Å². The molecule has 0 saturated heterocycles. The summed E-state index contributed by atoms with van der Waals surface area (Å²) in [6, 6.07) is 13.0. The summed E-state index contributed by atoms with van der Waals surface area (Å²) in [5.41, 5.74) is 1.84. The second kappa shape index (κ2) is 5.50. The molecule has 17 heavy (non-hydrogen) atoms. The first-order chi connectivity index (χ1) is 8.25. The van der Waals surface area contributed by atoms with Crippen LogP contribution in [-0.2, 0) is 11.0 Å². The fourth-order valence-electron chi connectivity index (χ4n) is 1.27. The molecule has 1 atom stereocenters. The number of nitrogens with zero attached hydrogens (tertiary/aromatic N) is 2. The third-order valence-corrected chi connectivity index (χ3v) is 3.16. The van der Waals surface area contributed by atoms with E-state index in [1.807, 2.05) is 49.4 Å². The minimum Gasteiger partial charge on any atom is -0.255 e. The van der Waals surface area contributed by atoms with Gasteiger partial charge < -0.3 is 0 Å². The van der Waals surface area contributed by atoms with E-state index in [1.54, 1.807) is 6.20 Å². The third-order valence-electron chi connectivity index (χ3n) is 2.19. The zero-order valence-electron chi connectivity index (χ0n) is 9.41. The second-order valence-electron chi connectivity index (χ2n) is 3.55. The van der Waals surface area contributed by atoms with E-state index in [-0.39, 0.29) is 0 Å². The Morgan fingerprint density at radius 3 is 2.59 bits per heavy atom. The molecular weight excluding hydrogens is 232 g/mol. The lowest BCUT2D eigenvalue weighted by Gasteiger charge is -1.96. The lowest BCUT2D eigenvalue weighted by atomic mass is 10.2. The average Bonchev–Trinajstić information content (AvgIpc) is 2.38. The van der Waals surface area contributed by atoms with Crippen molar-refractivity contribution in [3.63, 3.8) is 0 Å². The molecule has 0 radical (unpaired) electrons. The average molecular weight is 244 g/mol. The normalized spacial score (nSPS) is 12.8. The van der Waals surface area contributed by atoms with Crippen molar-refractivity contribution >= 4 is 17.2 Å². The Morgan fingerprint density at radius 1 is 1.18 bits per heavy atom. The highest BCUT2D eigenvalue weighted by molar-refractivity contribution is 7.83. The maximum Gasteiger partial charge on any atom is 0.172 e. The van der Waals surface area contributed by atoms with Crippen molar-refractivity contribution in [2.45, 2.75) is 11.8 Å². The van der Waals surface area contributed by atoms with Gasteiger partial charge in [-0.25, -0.2) is 4.21 Å². The molecule has 0 bridgehead atoms. The molecule has 2 aromatic rings. The van der Waals surface area contributed by atoms with Crippen LogP contribution in [0, 0.1) is 6.92 Å². The van der Waals surface area contributed by atoms with Gasteiger partial charge in [-0.05, 0) is 31.2 Å². The quantitative estimate of drug-likeness (QED) is 0.779. The lowest BCUT2D eigenvalue weighted by molar-refractivity contribution is 0.684. The van der Waals surface area contributed by atoms with Crippen LogP contribution in [0.2, 0.25) is 0 Å². The van der Waals surface area contributed by atoms with E-state index < -0.39 is 11.0 Å². The second-order valence-corrected chi connectivity index (χ2v) is 4.73. The van der Waals surface area contributed by atoms with Gasteiger partial charge in [-0.1, -0.05) is 23.8 Å². The van der Waals surface area contributed by atoms with Gasteiger partial charge in [0.2, 0.25) is 0 Å². The minimum absolute atomic E-state index is 0.697. The van der Waals surface area contributed by atoms with Crippen LogP contribution in [-0.4, -0.2) is 15.4 Å².